The fraction of sp³-hybridized carbons (Fsp3) is 0.333. The van der Waals surface area contributed by atoms with Crippen molar-refractivity contribution < 1.29 is 22.3 Å². The normalized spacial score (nSPS) is 11.4. The van der Waals surface area contributed by atoms with Gasteiger partial charge in [-0.05, 0) is 50.5 Å². The van der Waals surface area contributed by atoms with Crippen molar-refractivity contribution in [1.29, 1.82) is 0 Å². The van der Waals surface area contributed by atoms with E-state index in [2.05, 4.69) is 0 Å². The van der Waals surface area contributed by atoms with Crippen LogP contribution in [-0.4, -0.2) is 20.5 Å². The van der Waals surface area contributed by atoms with Crippen LogP contribution in [0.5, 0.6) is 5.75 Å². The van der Waals surface area contributed by atoms with Crippen LogP contribution >= 0.6 is 0 Å². The van der Waals surface area contributed by atoms with Crippen molar-refractivity contribution in [3.05, 3.63) is 62.2 Å². The summed E-state index contributed by atoms with van der Waals surface area (Å²) in [6, 6.07) is 6.27. The SMILES string of the molecule is COc1cc(COS(=O)(=O)c2c(C)cc(C)cc2C)c([N+](=O)[O-])cc1C. The lowest BCUT2D eigenvalue weighted by Crippen LogP contribution is -2.11. The molecule has 0 aromatic heterocycles. The Morgan fingerprint density at radius 1 is 1.00 bits per heavy atom. The van der Waals surface area contributed by atoms with Gasteiger partial charge in [-0.1, -0.05) is 17.7 Å². The zero-order chi connectivity index (χ0) is 19.6. The minimum absolute atomic E-state index is 0.0878. The molecule has 0 aliphatic rings. The number of aryl methyl sites for hydroxylation is 4. The first kappa shape index (κ1) is 19.9. The Balaban J connectivity index is 2.41. The van der Waals surface area contributed by atoms with Gasteiger partial charge in [-0.3, -0.25) is 14.3 Å². The van der Waals surface area contributed by atoms with Crippen LogP contribution in [0.25, 0.3) is 0 Å². The van der Waals surface area contributed by atoms with Gasteiger partial charge in [0.15, 0.2) is 0 Å². The molecule has 0 unspecified atom stereocenters. The van der Waals surface area contributed by atoms with Gasteiger partial charge < -0.3 is 4.74 Å². The summed E-state index contributed by atoms with van der Waals surface area (Å²) in [6.07, 6.45) is 0. The average molecular weight is 379 g/mol. The molecule has 2 rings (SSSR count). The zero-order valence-corrected chi connectivity index (χ0v) is 16.1. The molecule has 140 valence electrons. The number of benzene rings is 2. The standard InChI is InChI=1S/C18H21NO6S/c1-11-6-13(3)18(14(4)7-11)26(22,23)25-10-15-9-17(24-5)12(2)8-16(15)19(20)21/h6-9H,10H2,1-5H3. The van der Waals surface area contributed by atoms with Crippen molar-refractivity contribution >= 4 is 15.8 Å². The molecule has 0 saturated heterocycles. The first-order chi connectivity index (χ1) is 12.1. The topological polar surface area (TPSA) is 95.7 Å². The van der Waals surface area contributed by atoms with Crippen LogP contribution in [0, 0.1) is 37.8 Å². The van der Waals surface area contributed by atoms with E-state index in [1.807, 2.05) is 6.92 Å². The lowest BCUT2D eigenvalue weighted by molar-refractivity contribution is -0.385. The van der Waals surface area contributed by atoms with E-state index >= 15 is 0 Å². The van der Waals surface area contributed by atoms with Crippen LogP contribution < -0.4 is 4.74 Å². The lowest BCUT2D eigenvalue weighted by Gasteiger charge is -2.13. The smallest absolute Gasteiger partial charge is 0.297 e. The van der Waals surface area contributed by atoms with Crippen molar-refractivity contribution in [2.45, 2.75) is 39.2 Å². The molecule has 26 heavy (non-hydrogen) atoms. The van der Waals surface area contributed by atoms with Gasteiger partial charge in [0.05, 0.1) is 29.1 Å². The van der Waals surface area contributed by atoms with E-state index in [0.717, 1.165) is 5.56 Å². The van der Waals surface area contributed by atoms with Gasteiger partial charge in [0.25, 0.3) is 15.8 Å². The Bertz CT molecular complexity index is 943. The maximum Gasteiger partial charge on any atom is 0.297 e. The second kappa shape index (κ2) is 7.43. The molecule has 0 bridgehead atoms. The summed E-state index contributed by atoms with van der Waals surface area (Å²) >= 11 is 0. The summed E-state index contributed by atoms with van der Waals surface area (Å²) in [5, 5.41) is 11.3. The van der Waals surface area contributed by atoms with Crippen molar-refractivity contribution in [2.75, 3.05) is 7.11 Å². The highest BCUT2D eigenvalue weighted by molar-refractivity contribution is 7.86. The van der Waals surface area contributed by atoms with Gasteiger partial charge in [-0.2, -0.15) is 8.42 Å². The minimum atomic E-state index is -4.07. The number of nitro benzene ring substituents is 1. The van der Waals surface area contributed by atoms with Crippen LogP contribution in [-0.2, 0) is 20.9 Å². The molecule has 2 aromatic carbocycles. The number of nitrogens with zero attached hydrogens (tertiary/aromatic N) is 1. The Kier molecular flexibility index (Phi) is 5.68. The molecule has 0 fully saturated rings. The average Bonchev–Trinajstić information content (AvgIpc) is 2.51. The van der Waals surface area contributed by atoms with Crippen molar-refractivity contribution in [2.24, 2.45) is 0 Å². The van der Waals surface area contributed by atoms with Crippen LogP contribution in [0.3, 0.4) is 0 Å². The number of methoxy groups -OCH3 is 1. The van der Waals surface area contributed by atoms with Crippen LogP contribution in [0.15, 0.2) is 29.2 Å². The molecule has 0 atom stereocenters. The summed E-state index contributed by atoms with van der Waals surface area (Å²) in [7, 11) is -2.63. The maximum atomic E-state index is 12.6. The molecule has 0 heterocycles. The summed E-state index contributed by atoms with van der Waals surface area (Å²) in [4.78, 5) is 10.8. The Labute approximate surface area is 152 Å². The van der Waals surface area contributed by atoms with E-state index < -0.39 is 21.6 Å². The highest BCUT2D eigenvalue weighted by atomic mass is 32.2. The van der Waals surface area contributed by atoms with Gasteiger partial charge >= 0.3 is 0 Å². The molecule has 2 aromatic rings. The third kappa shape index (κ3) is 4.03. The van der Waals surface area contributed by atoms with Crippen LogP contribution in [0.4, 0.5) is 5.69 Å². The molecule has 8 heteroatoms. The third-order valence-electron chi connectivity index (χ3n) is 4.02. The number of hydrogen-bond acceptors (Lipinski definition) is 6. The third-order valence-corrected chi connectivity index (χ3v) is 5.59. The first-order valence-corrected chi connectivity index (χ1v) is 9.27. The largest absolute Gasteiger partial charge is 0.496 e. The summed E-state index contributed by atoms with van der Waals surface area (Å²) in [6.45, 7) is 6.47. The zero-order valence-electron chi connectivity index (χ0n) is 15.3. The first-order valence-electron chi connectivity index (χ1n) is 7.86. The van der Waals surface area contributed by atoms with Gasteiger partial charge in [0.2, 0.25) is 0 Å². The Morgan fingerprint density at radius 3 is 2.08 bits per heavy atom. The summed E-state index contributed by atoms with van der Waals surface area (Å²) in [5.41, 5.74) is 2.57. The number of ether oxygens (including phenoxy) is 1. The monoisotopic (exact) mass is 379 g/mol. The lowest BCUT2D eigenvalue weighted by atomic mass is 10.1. The minimum Gasteiger partial charge on any atom is -0.496 e. The molecule has 0 spiro atoms. The van der Waals surface area contributed by atoms with E-state index in [9.17, 15) is 18.5 Å². The number of nitro groups is 1. The molecular formula is C18H21NO6S. The maximum absolute atomic E-state index is 12.6. The van der Waals surface area contributed by atoms with Gasteiger partial charge in [-0.15, -0.1) is 0 Å². The molecule has 0 amide bonds. The fourth-order valence-corrected chi connectivity index (χ4v) is 4.29. The Morgan fingerprint density at radius 2 is 1.58 bits per heavy atom. The summed E-state index contributed by atoms with van der Waals surface area (Å²) < 4.78 is 35.6. The highest BCUT2D eigenvalue weighted by Crippen LogP contribution is 2.30. The van der Waals surface area contributed by atoms with Gasteiger partial charge in [-0.25, -0.2) is 0 Å². The van der Waals surface area contributed by atoms with Crippen LogP contribution in [0.2, 0.25) is 0 Å². The van der Waals surface area contributed by atoms with Crippen molar-refractivity contribution in [3.8, 4) is 5.75 Å². The number of rotatable bonds is 6. The highest BCUT2D eigenvalue weighted by Gasteiger charge is 2.24. The molecule has 0 saturated carbocycles. The van der Waals surface area contributed by atoms with Crippen molar-refractivity contribution in [3.63, 3.8) is 0 Å². The molecule has 0 N–H and O–H groups in total. The quantitative estimate of drug-likeness (QED) is 0.431. The van der Waals surface area contributed by atoms with E-state index in [1.54, 1.807) is 32.9 Å². The second-order valence-corrected chi connectivity index (χ2v) is 7.70. The molecular weight excluding hydrogens is 358 g/mol. The number of hydrogen-bond donors (Lipinski definition) is 0. The molecule has 0 aliphatic carbocycles. The molecule has 0 radical (unpaired) electrons. The van der Waals surface area contributed by atoms with E-state index in [4.69, 9.17) is 8.92 Å². The van der Waals surface area contributed by atoms with E-state index in [1.165, 1.54) is 19.2 Å². The van der Waals surface area contributed by atoms with Gasteiger partial charge in [0, 0.05) is 6.07 Å². The predicted octanol–water partition coefficient (Wildman–Crippen LogP) is 3.74. The second-order valence-electron chi connectivity index (χ2n) is 6.15. The van der Waals surface area contributed by atoms with E-state index in [0.29, 0.717) is 22.4 Å². The van der Waals surface area contributed by atoms with Crippen LogP contribution in [0.1, 0.15) is 27.8 Å². The fourth-order valence-electron chi connectivity index (χ4n) is 2.98. The molecule has 7 nitrogen and oxygen atoms in total. The van der Waals surface area contributed by atoms with Crippen molar-refractivity contribution in [1.82, 2.24) is 0 Å². The van der Waals surface area contributed by atoms with E-state index in [-0.39, 0.29) is 16.1 Å². The molecule has 0 aliphatic heterocycles. The predicted molar refractivity (Wildman–Crippen MR) is 97.0 cm³/mol. The summed E-state index contributed by atoms with van der Waals surface area (Å²) in [5.74, 6) is 0.425. The Hall–Kier alpha value is -2.45. The van der Waals surface area contributed by atoms with Gasteiger partial charge in [0.1, 0.15) is 5.75 Å².